The summed E-state index contributed by atoms with van der Waals surface area (Å²) in [5.74, 6) is 0. The molecule has 20 heavy (non-hydrogen) atoms. The van der Waals surface area contributed by atoms with Crippen molar-refractivity contribution < 1.29 is 0 Å². The molecule has 1 aliphatic heterocycles. The molecule has 0 saturated heterocycles. The number of benzene rings is 2. The van der Waals surface area contributed by atoms with Crippen molar-refractivity contribution in [1.29, 1.82) is 0 Å². The van der Waals surface area contributed by atoms with Gasteiger partial charge in [-0.25, -0.2) is 4.98 Å². The van der Waals surface area contributed by atoms with Crippen molar-refractivity contribution in [2.24, 2.45) is 4.99 Å². The summed E-state index contributed by atoms with van der Waals surface area (Å²) in [5, 5.41) is 6.57. The first-order valence-electron chi connectivity index (χ1n) is 6.53. The average Bonchev–Trinajstić information content (AvgIpc) is 2.81. The molecule has 0 spiro atoms. The number of hydrogen-bond donors (Lipinski definition) is 1. The maximum atomic E-state index is 4.63. The van der Waals surface area contributed by atoms with Gasteiger partial charge < -0.3 is 5.32 Å². The summed E-state index contributed by atoms with van der Waals surface area (Å²) in [7, 11) is 0. The lowest BCUT2D eigenvalue weighted by Gasteiger charge is -2.09. The van der Waals surface area contributed by atoms with Crippen molar-refractivity contribution >= 4 is 33.0 Å². The minimum absolute atomic E-state index is 0.995. The minimum Gasteiger partial charge on any atom is -0.360 e. The first-order chi connectivity index (χ1) is 9.93. The molecule has 4 nitrogen and oxygen atoms in total. The van der Waals surface area contributed by atoms with Gasteiger partial charge in [0.15, 0.2) is 0 Å². The monoisotopic (exact) mass is 258 g/mol. The largest absolute Gasteiger partial charge is 0.360 e. The van der Waals surface area contributed by atoms with Gasteiger partial charge >= 0.3 is 0 Å². The molecule has 4 aromatic rings. The Morgan fingerprint density at radius 1 is 1.05 bits per heavy atom. The molecule has 0 radical (unpaired) electrons. The van der Waals surface area contributed by atoms with Crippen LogP contribution in [0.4, 0.5) is 5.69 Å². The predicted molar refractivity (Wildman–Crippen MR) is 79.7 cm³/mol. The number of imidazole rings is 1. The van der Waals surface area contributed by atoms with Gasteiger partial charge in [0.1, 0.15) is 6.33 Å². The molecule has 2 aromatic carbocycles. The number of hydrogen-bond acceptors (Lipinski definition) is 3. The maximum absolute atomic E-state index is 4.63. The van der Waals surface area contributed by atoms with Crippen LogP contribution in [0, 0.1) is 0 Å². The Balaban J connectivity index is 2.28. The third kappa shape index (κ3) is 1.07. The molecule has 0 saturated carbocycles. The molecule has 5 rings (SSSR count). The van der Waals surface area contributed by atoms with Crippen LogP contribution >= 0.6 is 0 Å². The van der Waals surface area contributed by atoms with Gasteiger partial charge in [-0.3, -0.25) is 9.39 Å². The predicted octanol–water partition coefficient (Wildman–Crippen LogP) is 2.88. The van der Waals surface area contributed by atoms with E-state index in [1.165, 1.54) is 0 Å². The second kappa shape index (κ2) is 3.36. The van der Waals surface area contributed by atoms with E-state index < -0.39 is 0 Å². The van der Waals surface area contributed by atoms with Gasteiger partial charge in [-0.05, 0) is 18.2 Å². The molecule has 0 aliphatic carbocycles. The van der Waals surface area contributed by atoms with Gasteiger partial charge in [0.2, 0.25) is 0 Å². The normalized spacial score (nSPS) is 13.6. The molecule has 2 aromatic heterocycles. The maximum Gasteiger partial charge on any atom is 0.100 e. The number of fused-ring (bicyclic) bond motifs is 3. The second-order valence-corrected chi connectivity index (χ2v) is 4.93. The number of pyridine rings is 1. The van der Waals surface area contributed by atoms with Crippen LogP contribution < -0.4 is 10.7 Å². The van der Waals surface area contributed by atoms with Crippen molar-refractivity contribution in [2.45, 2.75) is 0 Å². The van der Waals surface area contributed by atoms with Crippen molar-refractivity contribution in [2.75, 3.05) is 5.32 Å². The summed E-state index contributed by atoms with van der Waals surface area (Å²) in [4.78, 5) is 9.14. The standard InChI is InChI=1S/C16H10N4/c1-2-4-13-10(3-1)15-14-11(17-7-8-18-15)5-6-12-16(14)20(13)9-19-12/h1-9,17H. The summed E-state index contributed by atoms with van der Waals surface area (Å²) < 4.78 is 2.15. The Labute approximate surface area is 114 Å². The average molecular weight is 258 g/mol. The number of aromatic nitrogens is 2. The van der Waals surface area contributed by atoms with E-state index in [1.54, 1.807) is 0 Å². The number of anilines is 1. The van der Waals surface area contributed by atoms with Gasteiger partial charge in [-0.15, -0.1) is 0 Å². The molecule has 94 valence electrons. The topological polar surface area (TPSA) is 41.7 Å². The number of nitrogens with zero attached hydrogens (tertiary/aromatic N) is 3. The Morgan fingerprint density at radius 2 is 2.00 bits per heavy atom. The van der Waals surface area contributed by atoms with Crippen LogP contribution in [-0.2, 0) is 0 Å². The van der Waals surface area contributed by atoms with Crippen molar-refractivity contribution in [3.63, 3.8) is 0 Å². The zero-order chi connectivity index (χ0) is 13.1. The van der Waals surface area contributed by atoms with Crippen LogP contribution in [0.1, 0.15) is 0 Å². The number of rotatable bonds is 0. The SMILES string of the molecule is C1=CNc2ccc3ncn4c5ccccc5c(c2c34)=N1. The first-order valence-corrected chi connectivity index (χ1v) is 6.53. The molecule has 0 unspecified atom stereocenters. The summed E-state index contributed by atoms with van der Waals surface area (Å²) in [5.41, 5.74) is 4.32. The lowest BCUT2D eigenvalue weighted by Crippen LogP contribution is -2.08. The van der Waals surface area contributed by atoms with Crippen LogP contribution in [0.2, 0.25) is 0 Å². The summed E-state index contributed by atoms with van der Waals surface area (Å²) in [6.45, 7) is 0. The lowest BCUT2D eigenvalue weighted by atomic mass is 10.1. The van der Waals surface area contributed by atoms with Crippen LogP contribution in [-0.4, -0.2) is 9.38 Å². The fourth-order valence-corrected chi connectivity index (χ4v) is 3.04. The van der Waals surface area contributed by atoms with Gasteiger partial charge in [0.25, 0.3) is 0 Å². The molecule has 1 N–H and O–H groups in total. The fourth-order valence-electron chi connectivity index (χ4n) is 3.04. The van der Waals surface area contributed by atoms with E-state index in [4.69, 9.17) is 0 Å². The number of nitrogens with one attached hydrogen (secondary N) is 1. The summed E-state index contributed by atoms with van der Waals surface area (Å²) >= 11 is 0. The highest BCUT2D eigenvalue weighted by Crippen LogP contribution is 2.29. The highest BCUT2D eigenvalue weighted by molar-refractivity contribution is 6.07. The molecular weight excluding hydrogens is 248 g/mol. The van der Waals surface area contributed by atoms with E-state index >= 15 is 0 Å². The molecule has 0 fully saturated rings. The van der Waals surface area contributed by atoms with Gasteiger partial charge in [-0.1, -0.05) is 18.2 Å². The van der Waals surface area contributed by atoms with E-state index in [0.29, 0.717) is 0 Å². The van der Waals surface area contributed by atoms with E-state index in [-0.39, 0.29) is 0 Å². The molecule has 1 aliphatic rings. The zero-order valence-electron chi connectivity index (χ0n) is 10.5. The fraction of sp³-hybridized carbons (Fsp3) is 0. The van der Waals surface area contributed by atoms with Crippen LogP contribution in [0.5, 0.6) is 0 Å². The zero-order valence-corrected chi connectivity index (χ0v) is 10.5. The van der Waals surface area contributed by atoms with E-state index in [2.05, 4.69) is 37.9 Å². The van der Waals surface area contributed by atoms with Gasteiger partial charge in [0, 0.05) is 23.5 Å². The second-order valence-electron chi connectivity index (χ2n) is 4.93. The number of para-hydroxylation sites is 1. The molecule has 0 bridgehead atoms. The Morgan fingerprint density at radius 3 is 3.00 bits per heavy atom. The highest BCUT2D eigenvalue weighted by atomic mass is 15.0. The highest BCUT2D eigenvalue weighted by Gasteiger charge is 2.15. The quantitative estimate of drug-likeness (QED) is 0.493. The third-order valence-electron chi connectivity index (χ3n) is 3.88. The van der Waals surface area contributed by atoms with Gasteiger partial charge in [0.05, 0.1) is 27.3 Å². The van der Waals surface area contributed by atoms with Crippen molar-refractivity contribution in [3.05, 3.63) is 60.5 Å². The van der Waals surface area contributed by atoms with E-state index in [9.17, 15) is 0 Å². The summed E-state index contributed by atoms with van der Waals surface area (Å²) in [6, 6.07) is 12.4. The summed E-state index contributed by atoms with van der Waals surface area (Å²) in [6.07, 6.45) is 5.56. The Hall–Kier alpha value is -2.88. The first kappa shape index (κ1) is 9.97. The van der Waals surface area contributed by atoms with Crippen molar-refractivity contribution in [3.8, 4) is 0 Å². The van der Waals surface area contributed by atoms with E-state index in [0.717, 1.165) is 38.4 Å². The minimum atomic E-state index is 0.995. The third-order valence-corrected chi connectivity index (χ3v) is 3.88. The van der Waals surface area contributed by atoms with E-state index in [1.807, 2.05) is 36.9 Å². The Kier molecular flexibility index (Phi) is 1.68. The molecule has 3 heterocycles. The van der Waals surface area contributed by atoms with Crippen LogP contribution in [0.3, 0.4) is 0 Å². The molecule has 4 heteroatoms. The molecule has 0 amide bonds. The van der Waals surface area contributed by atoms with Crippen molar-refractivity contribution in [1.82, 2.24) is 9.38 Å². The molecular formula is C16H10N4. The van der Waals surface area contributed by atoms with Crippen LogP contribution in [0.15, 0.2) is 60.1 Å². The Bertz CT molecular complexity index is 1070. The lowest BCUT2D eigenvalue weighted by molar-refractivity contribution is 1.21. The smallest absolute Gasteiger partial charge is 0.100 e. The van der Waals surface area contributed by atoms with Crippen LogP contribution in [0.25, 0.3) is 27.3 Å². The van der Waals surface area contributed by atoms with Gasteiger partial charge in [-0.2, -0.15) is 0 Å². The molecule has 0 atom stereocenters.